The molecule has 0 atom stereocenters. The number of methoxy groups -OCH3 is 1. The van der Waals surface area contributed by atoms with Gasteiger partial charge in [0.2, 0.25) is 0 Å². The number of nitrogens with zero attached hydrogens (tertiary/aromatic N) is 2. The maximum Gasteiger partial charge on any atom is 0.308 e. The molecule has 166 valence electrons. The van der Waals surface area contributed by atoms with E-state index in [0.29, 0.717) is 31.0 Å². The predicted octanol–water partition coefficient (Wildman–Crippen LogP) is 3.32. The third-order valence-corrected chi connectivity index (χ3v) is 6.19. The van der Waals surface area contributed by atoms with Crippen LogP contribution in [0.15, 0.2) is 28.7 Å². The van der Waals surface area contributed by atoms with Crippen molar-refractivity contribution in [3.05, 3.63) is 52.5 Å². The summed E-state index contributed by atoms with van der Waals surface area (Å²) < 4.78 is 16.3. The number of furan rings is 1. The Bertz CT molecular complexity index is 959. The monoisotopic (exact) mass is 426 g/mol. The average Bonchev–Trinajstić information content (AvgIpc) is 2.97. The summed E-state index contributed by atoms with van der Waals surface area (Å²) >= 11 is 0. The number of rotatable bonds is 4. The molecule has 2 aromatic rings. The van der Waals surface area contributed by atoms with Gasteiger partial charge in [-0.25, -0.2) is 0 Å². The molecule has 3 heterocycles. The lowest BCUT2D eigenvalue weighted by Gasteiger charge is -2.30. The third-order valence-electron chi connectivity index (χ3n) is 6.19. The minimum atomic E-state index is -0.102. The summed E-state index contributed by atoms with van der Waals surface area (Å²) in [5.74, 6) is 2.11. The summed E-state index contributed by atoms with van der Waals surface area (Å²) in [6.45, 7) is 7.75. The first kappa shape index (κ1) is 21.4. The van der Waals surface area contributed by atoms with Crippen molar-refractivity contribution < 1.29 is 23.5 Å². The first-order chi connectivity index (χ1) is 14.9. The minimum absolute atomic E-state index is 0.0104. The van der Waals surface area contributed by atoms with Gasteiger partial charge < -0.3 is 18.8 Å². The highest BCUT2D eigenvalue weighted by Gasteiger charge is 2.27. The Balaban J connectivity index is 1.44. The second-order valence-corrected chi connectivity index (χ2v) is 8.42. The van der Waals surface area contributed by atoms with Gasteiger partial charge in [0.25, 0.3) is 5.91 Å². The molecule has 7 nitrogen and oxygen atoms in total. The topological polar surface area (TPSA) is 72.2 Å². The first-order valence-electron chi connectivity index (χ1n) is 10.9. The van der Waals surface area contributed by atoms with E-state index in [0.717, 1.165) is 49.5 Å². The highest BCUT2D eigenvalue weighted by atomic mass is 16.5. The van der Waals surface area contributed by atoms with E-state index < -0.39 is 0 Å². The molecule has 2 aliphatic rings. The molecule has 0 bridgehead atoms. The smallest absolute Gasteiger partial charge is 0.308 e. The van der Waals surface area contributed by atoms with E-state index in [1.807, 2.05) is 24.8 Å². The van der Waals surface area contributed by atoms with Crippen molar-refractivity contribution in [3.63, 3.8) is 0 Å². The van der Waals surface area contributed by atoms with Crippen molar-refractivity contribution >= 4 is 11.9 Å². The van der Waals surface area contributed by atoms with Crippen LogP contribution in [0, 0.1) is 19.8 Å². The molecule has 2 aliphatic heterocycles. The van der Waals surface area contributed by atoms with Crippen LogP contribution >= 0.6 is 0 Å². The molecule has 1 saturated heterocycles. The molecule has 1 aromatic heterocycles. The maximum absolute atomic E-state index is 13.1. The molecule has 0 unspecified atom stereocenters. The van der Waals surface area contributed by atoms with Crippen LogP contribution in [0.5, 0.6) is 5.75 Å². The number of aryl methyl sites for hydroxylation is 2. The number of hydrogen-bond acceptors (Lipinski definition) is 6. The average molecular weight is 427 g/mol. The van der Waals surface area contributed by atoms with Crippen LogP contribution in [0.2, 0.25) is 0 Å². The number of esters is 1. The Morgan fingerprint density at radius 3 is 2.58 bits per heavy atom. The Morgan fingerprint density at radius 2 is 1.90 bits per heavy atom. The van der Waals surface area contributed by atoms with Gasteiger partial charge in [-0.1, -0.05) is 6.07 Å². The summed E-state index contributed by atoms with van der Waals surface area (Å²) in [5, 5.41) is 0. The van der Waals surface area contributed by atoms with E-state index in [9.17, 15) is 9.59 Å². The third kappa shape index (κ3) is 4.77. The fourth-order valence-corrected chi connectivity index (χ4v) is 4.48. The summed E-state index contributed by atoms with van der Waals surface area (Å²) in [7, 11) is 1.45. The normalized spacial score (nSPS) is 17.6. The lowest BCUT2D eigenvalue weighted by Crippen LogP contribution is -2.36. The summed E-state index contributed by atoms with van der Waals surface area (Å²) in [5.41, 5.74) is 2.82. The molecule has 0 aliphatic carbocycles. The van der Waals surface area contributed by atoms with Gasteiger partial charge in [-0.3, -0.25) is 14.5 Å². The van der Waals surface area contributed by atoms with Gasteiger partial charge in [0.15, 0.2) is 0 Å². The van der Waals surface area contributed by atoms with Gasteiger partial charge in [-0.2, -0.15) is 0 Å². The number of piperidine rings is 1. The van der Waals surface area contributed by atoms with Crippen LogP contribution in [0.3, 0.4) is 0 Å². The number of fused-ring (bicyclic) bond motifs is 1. The fourth-order valence-electron chi connectivity index (χ4n) is 4.48. The molecule has 1 aromatic carbocycles. The second kappa shape index (κ2) is 9.14. The first-order valence-corrected chi connectivity index (χ1v) is 10.9. The van der Waals surface area contributed by atoms with Crippen molar-refractivity contribution in [1.29, 1.82) is 0 Å². The molecule has 31 heavy (non-hydrogen) atoms. The van der Waals surface area contributed by atoms with Crippen LogP contribution in [-0.2, 0) is 22.6 Å². The quantitative estimate of drug-likeness (QED) is 0.699. The van der Waals surface area contributed by atoms with Gasteiger partial charge in [0, 0.05) is 18.7 Å². The van der Waals surface area contributed by atoms with Gasteiger partial charge in [-0.15, -0.1) is 0 Å². The molecule has 0 saturated carbocycles. The number of benzene rings is 1. The zero-order valence-corrected chi connectivity index (χ0v) is 18.5. The van der Waals surface area contributed by atoms with Crippen LogP contribution in [0.4, 0.5) is 0 Å². The largest absolute Gasteiger partial charge is 0.491 e. The maximum atomic E-state index is 13.1. The minimum Gasteiger partial charge on any atom is -0.491 e. The lowest BCUT2D eigenvalue weighted by molar-refractivity contribution is -0.147. The molecular formula is C24H30N2O5. The Kier molecular flexibility index (Phi) is 6.32. The summed E-state index contributed by atoms with van der Waals surface area (Å²) in [4.78, 5) is 29.0. The molecular weight excluding hydrogens is 396 g/mol. The Hall–Kier alpha value is -2.80. The van der Waals surface area contributed by atoms with E-state index in [2.05, 4.69) is 17.0 Å². The van der Waals surface area contributed by atoms with Crippen LogP contribution in [0.1, 0.15) is 45.8 Å². The van der Waals surface area contributed by atoms with Gasteiger partial charge >= 0.3 is 5.97 Å². The highest BCUT2D eigenvalue weighted by molar-refractivity contribution is 5.95. The number of carbonyl (C=O) groups is 2. The second-order valence-electron chi connectivity index (χ2n) is 8.42. The van der Waals surface area contributed by atoms with Crippen molar-refractivity contribution in [2.45, 2.75) is 39.8 Å². The van der Waals surface area contributed by atoms with Crippen molar-refractivity contribution in [1.82, 2.24) is 9.80 Å². The van der Waals surface area contributed by atoms with Gasteiger partial charge in [0.05, 0.1) is 25.1 Å². The standard InChI is InChI=1S/C24H30N2O5/c1-16-12-21(17(2)31-16)23(27)26-10-11-30-22-5-4-18(13-20(22)15-26)14-25-8-6-19(7-9-25)24(28)29-3/h4-5,12-13,19H,6-11,14-15H2,1-3H3. The Labute approximate surface area is 182 Å². The Morgan fingerprint density at radius 1 is 1.13 bits per heavy atom. The molecule has 7 heteroatoms. The summed E-state index contributed by atoms with van der Waals surface area (Å²) in [6.07, 6.45) is 1.65. The molecule has 1 amide bonds. The number of ether oxygens (including phenoxy) is 2. The van der Waals surface area contributed by atoms with E-state index in [1.165, 1.54) is 12.7 Å². The SMILES string of the molecule is COC(=O)C1CCN(Cc2ccc3c(c2)CN(C(=O)c2cc(C)oc2C)CCO3)CC1. The molecule has 0 spiro atoms. The predicted molar refractivity (Wildman–Crippen MR) is 115 cm³/mol. The number of amides is 1. The molecule has 1 fully saturated rings. The van der Waals surface area contributed by atoms with E-state index in [-0.39, 0.29) is 17.8 Å². The zero-order valence-electron chi connectivity index (χ0n) is 18.5. The molecule has 4 rings (SSSR count). The zero-order chi connectivity index (χ0) is 22.0. The van der Waals surface area contributed by atoms with Crippen molar-refractivity contribution in [3.8, 4) is 5.75 Å². The number of likely N-dealkylation sites (tertiary alicyclic amines) is 1. The van der Waals surface area contributed by atoms with Crippen molar-refractivity contribution in [2.75, 3.05) is 33.4 Å². The summed E-state index contributed by atoms with van der Waals surface area (Å²) in [6, 6.07) is 8.04. The fraction of sp³-hybridized carbons (Fsp3) is 0.500. The van der Waals surface area contributed by atoms with Gasteiger partial charge in [-0.05, 0) is 63.5 Å². The number of hydrogen-bond donors (Lipinski definition) is 0. The van der Waals surface area contributed by atoms with E-state index >= 15 is 0 Å². The van der Waals surface area contributed by atoms with Crippen molar-refractivity contribution in [2.24, 2.45) is 5.92 Å². The molecule has 0 radical (unpaired) electrons. The van der Waals surface area contributed by atoms with Crippen LogP contribution in [0.25, 0.3) is 0 Å². The van der Waals surface area contributed by atoms with Crippen LogP contribution in [-0.4, -0.2) is 55.0 Å². The van der Waals surface area contributed by atoms with Crippen LogP contribution < -0.4 is 4.74 Å². The van der Waals surface area contributed by atoms with Gasteiger partial charge in [0.1, 0.15) is 23.9 Å². The van der Waals surface area contributed by atoms with E-state index in [1.54, 1.807) is 6.07 Å². The molecule has 0 N–H and O–H groups in total. The lowest BCUT2D eigenvalue weighted by atomic mass is 9.96. The highest BCUT2D eigenvalue weighted by Crippen LogP contribution is 2.28. The number of carbonyl (C=O) groups excluding carboxylic acids is 2. The van der Waals surface area contributed by atoms with E-state index in [4.69, 9.17) is 13.9 Å².